The molecule has 0 aliphatic rings. The molecule has 0 aliphatic carbocycles. The van der Waals surface area contributed by atoms with Crippen LogP contribution in [0.15, 0.2) is 0 Å². The SMILES string of the molecule is CC(C)CC(CN)CCOCC(F)(F)F. The first-order chi connectivity index (χ1) is 6.85. The van der Waals surface area contributed by atoms with Crippen LogP contribution in [0.25, 0.3) is 0 Å². The molecule has 0 aliphatic heterocycles. The van der Waals surface area contributed by atoms with Crippen molar-refractivity contribution in [1.82, 2.24) is 0 Å². The van der Waals surface area contributed by atoms with Gasteiger partial charge in [-0.1, -0.05) is 13.8 Å². The zero-order valence-corrected chi connectivity index (χ0v) is 9.31. The van der Waals surface area contributed by atoms with Crippen LogP contribution in [0.5, 0.6) is 0 Å². The van der Waals surface area contributed by atoms with E-state index in [4.69, 9.17) is 5.73 Å². The maximum absolute atomic E-state index is 11.7. The highest BCUT2D eigenvalue weighted by atomic mass is 19.4. The quantitative estimate of drug-likeness (QED) is 0.678. The fourth-order valence-electron chi connectivity index (χ4n) is 1.44. The lowest BCUT2D eigenvalue weighted by atomic mass is 9.95. The Balaban J connectivity index is 3.55. The third-order valence-electron chi connectivity index (χ3n) is 2.07. The molecule has 92 valence electrons. The van der Waals surface area contributed by atoms with Crippen LogP contribution in [-0.4, -0.2) is 25.9 Å². The highest BCUT2D eigenvalue weighted by molar-refractivity contribution is 4.62. The highest BCUT2D eigenvalue weighted by Crippen LogP contribution is 2.17. The molecule has 0 aromatic heterocycles. The van der Waals surface area contributed by atoms with E-state index >= 15 is 0 Å². The van der Waals surface area contributed by atoms with Crippen LogP contribution in [0, 0.1) is 11.8 Å². The zero-order chi connectivity index (χ0) is 11.9. The molecule has 0 aromatic rings. The fourth-order valence-corrected chi connectivity index (χ4v) is 1.44. The van der Waals surface area contributed by atoms with Crippen molar-refractivity contribution in [2.24, 2.45) is 17.6 Å². The van der Waals surface area contributed by atoms with E-state index in [1.165, 1.54) is 0 Å². The van der Waals surface area contributed by atoms with Gasteiger partial charge in [0.1, 0.15) is 6.61 Å². The summed E-state index contributed by atoms with van der Waals surface area (Å²) in [6.07, 6.45) is -2.69. The summed E-state index contributed by atoms with van der Waals surface area (Å²) in [5, 5.41) is 0. The Morgan fingerprint density at radius 1 is 1.27 bits per heavy atom. The van der Waals surface area contributed by atoms with Crippen molar-refractivity contribution >= 4 is 0 Å². The Bertz CT molecular complexity index is 159. The lowest BCUT2D eigenvalue weighted by Gasteiger charge is -2.17. The van der Waals surface area contributed by atoms with Gasteiger partial charge in [0, 0.05) is 6.61 Å². The summed E-state index contributed by atoms with van der Waals surface area (Å²) in [6, 6.07) is 0. The molecule has 2 N–H and O–H groups in total. The van der Waals surface area contributed by atoms with Gasteiger partial charge in [0.05, 0.1) is 0 Å². The summed E-state index contributed by atoms with van der Waals surface area (Å²) in [7, 11) is 0. The number of ether oxygens (including phenoxy) is 1. The third kappa shape index (κ3) is 10.0. The van der Waals surface area contributed by atoms with Crippen LogP contribution in [0.2, 0.25) is 0 Å². The van der Waals surface area contributed by atoms with Gasteiger partial charge in [-0.25, -0.2) is 0 Å². The molecule has 2 nitrogen and oxygen atoms in total. The second kappa shape index (κ2) is 7.06. The normalized spacial score (nSPS) is 14.6. The molecule has 0 heterocycles. The molecule has 0 saturated carbocycles. The maximum Gasteiger partial charge on any atom is 0.411 e. The van der Waals surface area contributed by atoms with Crippen molar-refractivity contribution in [2.75, 3.05) is 19.8 Å². The van der Waals surface area contributed by atoms with E-state index in [2.05, 4.69) is 18.6 Å². The number of hydrogen-bond acceptors (Lipinski definition) is 2. The van der Waals surface area contributed by atoms with Crippen molar-refractivity contribution in [1.29, 1.82) is 0 Å². The van der Waals surface area contributed by atoms with Crippen molar-refractivity contribution in [2.45, 2.75) is 32.9 Å². The van der Waals surface area contributed by atoms with E-state index in [0.29, 0.717) is 18.9 Å². The van der Waals surface area contributed by atoms with Crippen LogP contribution < -0.4 is 5.73 Å². The summed E-state index contributed by atoms with van der Waals surface area (Å²) in [6.45, 7) is 3.62. The lowest BCUT2D eigenvalue weighted by Crippen LogP contribution is -2.21. The molecule has 0 amide bonds. The Morgan fingerprint density at radius 3 is 2.27 bits per heavy atom. The molecular formula is C10H20F3NO. The first kappa shape index (κ1) is 14.7. The largest absolute Gasteiger partial charge is 0.411 e. The standard InChI is InChI=1S/C10H20F3NO/c1-8(2)5-9(6-14)3-4-15-7-10(11,12)13/h8-9H,3-7,14H2,1-2H3. The average Bonchev–Trinajstić information content (AvgIpc) is 2.08. The van der Waals surface area contributed by atoms with E-state index in [9.17, 15) is 13.2 Å². The van der Waals surface area contributed by atoms with E-state index in [1.807, 2.05) is 0 Å². The van der Waals surface area contributed by atoms with E-state index in [-0.39, 0.29) is 12.5 Å². The first-order valence-electron chi connectivity index (χ1n) is 5.19. The van der Waals surface area contributed by atoms with Gasteiger partial charge in [-0.2, -0.15) is 13.2 Å². The Morgan fingerprint density at radius 2 is 1.87 bits per heavy atom. The molecular weight excluding hydrogens is 207 g/mol. The molecule has 0 rings (SSSR count). The summed E-state index contributed by atoms with van der Waals surface area (Å²) in [5.74, 6) is 0.777. The van der Waals surface area contributed by atoms with Gasteiger partial charge < -0.3 is 10.5 Å². The van der Waals surface area contributed by atoms with Crippen molar-refractivity contribution in [3.63, 3.8) is 0 Å². The molecule has 5 heteroatoms. The molecule has 15 heavy (non-hydrogen) atoms. The predicted molar refractivity (Wildman–Crippen MR) is 53.5 cm³/mol. The van der Waals surface area contributed by atoms with Gasteiger partial charge in [0.25, 0.3) is 0 Å². The monoisotopic (exact) mass is 227 g/mol. The van der Waals surface area contributed by atoms with Crippen LogP contribution in [-0.2, 0) is 4.74 Å². The zero-order valence-electron chi connectivity index (χ0n) is 9.31. The minimum atomic E-state index is -4.23. The van der Waals surface area contributed by atoms with Crippen LogP contribution in [0.3, 0.4) is 0 Å². The number of hydrogen-bond donors (Lipinski definition) is 1. The molecule has 0 spiro atoms. The highest BCUT2D eigenvalue weighted by Gasteiger charge is 2.27. The van der Waals surface area contributed by atoms with Crippen LogP contribution >= 0.6 is 0 Å². The first-order valence-corrected chi connectivity index (χ1v) is 5.19. The summed E-state index contributed by atoms with van der Waals surface area (Å²) >= 11 is 0. The Kier molecular flexibility index (Phi) is 6.92. The van der Waals surface area contributed by atoms with E-state index in [0.717, 1.165) is 6.42 Å². The minimum Gasteiger partial charge on any atom is -0.372 e. The Labute approximate surface area is 89.0 Å². The van der Waals surface area contributed by atoms with Gasteiger partial charge in [-0.15, -0.1) is 0 Å². The molecule has 0 aromatic carbocycles. The molecule has 1 atom stereocenters. The molecule has 0 bridgehead atoms. The second-order valence-corrected chi connectivity index (χ2v) is 4.19. The van der Waals surface area contributed by atoms with Gasteiger partial charge in [0.15, 0.2) is 0 Å². The average molecular weight is 227 g/mol. The fraction of sp³-hybridized carbons (Fsp3) is 1.00. The second-order valence-electron chi connectivity index (χ2n) is 4.19. The molecule has 0 radical (unpaired) electrons. The van der Waals surface area contributed by atoms with Crippen molar-refractivity contribution < 1.29 is 17.9 Å². The Hall–Kier alpha value is -0.290. The van der Waals surface area contributed by atoms with Crippen LogP contribution in [0.4, 0.5) is 13.2 Å². The number of alkyl halides is 3. The molecule has 1 unspecified atom stereocenters. The smallest absolute Gasteiger partial charge is 0.372 e. The van der Waals surface area contributed by atoms with Crippen molar-refractivity contribution in [3.05, 3.63) is 0 Å². The van der Waals surface area contributed by atoms with Crippen LogP contribution in [0.1, 0.15) is 26.7 Å². The summed E-state index contributed by atoms with van der Waals surface area (Å²) in [4.78, 5) is 0. The van der Waals surface area contributed by atoms with E-state index in [1.54, 1.807) is 0 Å². The number of halogens is 3. The van der Waals surface area contributed by atoms with Gasteiger partial charge in [0.2, 0.25) is 0 Å². The van der Waals surface area contributed by atoms with Gasteiger partial charge in [-0.3, -0.25) is 0 Å². The summed E-state index contributed by atoms with van der Waals surface area (Å²) < 4.78 is 39.7. The van der Waals surface area contributed by atoms with E-state index < -0.39 is 12.8 Å². The molecule has 0 saturated heterocycles. The number of rotatable bonds is 7. The molecule has 0 fully saturated rings. The van der Waals surface area contributed by atoms with Gasteiger partial charge >= 0.3 is 6.18 Å². The minimum absolute atomic E-state index is 0.133. The summed E-state index contributed by atoms with van der Waals surface area (Å²) in [5.41, 5.74) is 5.51. The predicted octanol–water partition coefficient (Wildman–Crippen LogP) is 2.58. The third-order valence-corrected chi connectivity index (χ3v) is 2.07. The maximum atomic E-state index is 11.7. The van der Waals surface area contributed by atoms with Gasteiger partial charge in [-0.05, 0) is 31.2 Å². The number of nitrogens with two attached hydrogens (primary N) is 1. The lowest BCUT2D eigenvalue weighted by molar-refractivity contribution is -0.174. The topological polar surface area (TPSA) is 35.2 Å². The van der Waals surface area contributed by atoms with Crippen molar-refractivity contribution in [3.8, 4) is 0 Å².